The summed E-state index contributed by atoms with van der Waals surface area (Å²) in [7, 11) is 0. The molecule has 148 heavy (non-hydrogen) atoms. The van der Waals surface area contributed by atoms with Crippen molar-refractivity contribution in [3.05, 3.63) is 298 Å². The molecule has 0 saturated heterocycles. The van der Waals surface area contributed by atoms with E-state index < -0.39 is 0 Å². The van der Waals surface area contributed by atoms with E-state index in [9.17, 15) is 46.2 Å². The number of anilines is 4. The molecule has 20 aliphatic carbocycles. The minimum atomic E-state index is -0.317. The van der Waals surface area contributed by atoms with Crippen molar-refractivity contribution < 1.29 is 46.2 Å². The molecule has 0 spiro atoms. The van der Waals surface area contributed by atoms with Gasteiger partial charge in [0.05, 0.1) is 94.0 Å². The third-order valence-corrected chi connectivity index (χ3v) is 37.8. The second kappa shape index (κ2) is 39.5. The maximum atomic E-state index is 14.0. The van der Waals surface area contributed by atoms with Gasteiger partial charge in [0.2, 0.25) is 23.6 Å². The number of aromatic nitrogens is 8. The molecular weight excluding hydrogens is 1950 g/mol. The third kappa shape index (κ3) is 20.6. The molecule has 12 aromatic rings. The van der Waals surface area contributed by atoms with Crippen molar-refractivity contribution in [1.29, 1.82) is 0 Å². The van der Waals surface area contributed by atoms with E-state index in [-0.39, 0.29) is 99.4 Å². The number of benzene rings is 8. The molecule has 17 nitrogen and oxygen atoms in total. The highest BCUT2D eigenvalue weighted by Gasteiger charge is 2.56. The van der Waals surface area contributed by atoms with Gasteiger partial charge < -0.3 is 26.4 Å². The summed E-state index contributed by atoms with van der Waals surface area (Å²) in [6.07, 6.45) is 41.5. The van der Waals surface area contributed by atoms with E-state index in [1.807, 2.05) is 72.8 Å². The molecule has 16 saturated carbocycles. The molecule has 16 fully saturated rings. The van der Waals surface area contributed by atoms with Crippen molar-refractivity contribution >= 4 is 74.4 Å². The second-order valence-corrected chi connectivity index (χ2v) is 49.6. The second-order valence-electron chi connectivity index (χ2n) is 48.3. The maximum absolute atomic E-state index is 14.0. The van der Waals surface area contributed by atoms with Crippen molar-refractivity contribution in [2.45, 2.75) is 257 Å². The molecule has 760 valence electrons. The number of nitrogens with zero attached hydrogens (tertiary/aromatic N) is 8. The number of amides is 4. The Morgan fingerprint density at radius 3 is 0.730 bits per heavy atom. The summed E-state index contributed by atoms with van der Waals surface area (Å²) in [6, 6.07) is 47.8. The SMILES string of the molecule is O=C(Cc1ccc(Br)cc1)Nc1nc2c(nc1CC13CC4CC(CC(C4)C1)C3)-c1ccc(F)cc1CC2.O=C(Cc1ccc(Cl)cc1)Nc1nc2c(nc1CC13CC4CC(CC(C4)C1)C3)-c1ccc(F)cc1CC2.O=C(Cc1ccc(F)cc1)Nc1nc2c(nc1CC13CC4CC(CC(C4)C1)C3)-c1ccc(F)cc1CC2.O=C(Cc1ccc(O)cc1)Nc1nc2c(nc1CC13CC4CC(CC(C4)C1)C3)-c1ccc(F)cc1CC2. The van der Waals surface area contributed by atoms with Gasteiger partial charge in [0, 0.05) is 31.7 Å². The monoisotopic (exact) mass is 2070 g/mol. The molecule has 16 bridgehead atoms. The van der Waals surface area contributed by atoms with E-state index in [2.05, 4.69) is 37.2 Å². The zero-order valence-corrected chi connectivity index (χ0v) is 86.0. The predicted molar refractivity (Wildman–Crippen MR) is 566 cm³/mol. The van der Waals surface area contributed by atoms with Crippen LogP contribution in [0.4, 0.5) is 45.2 Å². The van der Waals surface area contributed by atoms with Gasteiger partial charge in [0.25, 0.3) is 0 Å². The van der Waals surface area contributed by atoms with Crippen LogP contribution in [0.1, 0.15) is 244 Å². The highest BCUT2D eigenvalue weighted by Crippen LogP contribution is 2.66. The van der Waals surface area contributed by atoms with Crippen LogP contribution < -0.4 is 21.3 Å². The van der Waals surface area contributed by atoms with Gasteiger partial charge in [0.1, 0.15) is 34.8 Å². The molecule has 4 aromatic heterocycles. The minimum Gasteiger partial charge on any atom is -0.508 e. The fraction of sp³-hybridized carbons (Fsp3) is 0.452. The molecule has 0 radical (unpaired) electrons. The van der Waals surface area contributed by atoms with Gasteiger partial charge in [-0.3, -0.25) is 19.2 Å². The first kappa shape index (κ1) is 97.0. The largest absolute Gasteiger partial charge is 0.508 e. The normalized spacial score (nSPS) is 27.0. The summed E-state index contributed by atoms with van der Waals surface area (Å²) in [5.41, 5.74) is 22.7. The van der Waals surface area contributed by atoms with Crippen LogP contribution in [0.25, 0.3) is 45.0 Å². The van der Waals surface area contributed by atoms with Crippen LogP contribution in [0.2, 0.25) is 5.02 Å². The van der Waals surface area contributed by atoms with Crippen molar-refractivity contribution in [3.63, 3.8) is 0 Å². The first-order valence-corrected chi connectivity index (χ1v) is 55.8. The highest BCUT2D eigenvalue weighted by molar-refractivity contribution is 9.10. The fourth-order valence-electron chi connectivity index (χ4n) is 32.8. The number of carbonyl (C=O) groups excluding carboxylic acids is 4. The van der Waals surface area contributed by atoms with E-state index in [4.69, 9.17) is 51.5 Å². The molecule has 8 aromatic carbocycles. The van der Waals surface area contributed by atoms with Crippen molar-refractivity contribution in [3.8, 4) is 50.8 Å². The van der Waals surface area contributed by atoms with Gasteiger partial charge in [-0.1, -0.05) is 76.1 Å². The number of carbonyl (C=O) groups is 4. The van der Waals surface area contributed by atoms with Gasteiger partial charge in [-0.05, 0) is 490 Å². The average Bonchev–Trinajstić information content (AvgIpc) is 0.745. The summed E-state index contributed by atoms with van der Waals surface area (Å²) in [5, 5.41) is 22.7. The summed E-state index contributed by atoms with van der Waals surface area (Å²) < 4.78 is 70.1. The molecule has 4 heterocycles. The summed E-state index contributed by atoms with van der Waals surface area (Å²) in [4.78, 5) is 93.3. The topological polar surface area (TPSA) is 240 Å². The Labute approximate surface area is 874 Å². The number of aromatic hydroxyl groups is 1. The predicted octanol–water partition coefficient (Wildman–Crippen LogP) is 26.5. The van der Waals surface area contributed by atoms with E-state index >= 15 is 0 Å². The standard InChI is InChI=1S/C31H31BrFN3O.C31H31ClFN3O.C31H31F2N3O.C31H32FN3O2/c3*32-23-4-1-18(2-5-23)12-28(37)36-30-27(17-31-14-19-9-20(15-31)11-21(10-19)16-31)34-29-25-7-6-24(33)13-22(25)3-8-26(29)35-30;32-23-4-7-25-22(13-23)3-8-26-29(25)33-27(17-31-14-19-9-20(15-31)11-21(10-19)16-31)30(34-26)35-28(37)12-18-1-5-24(36)6-2-18/h3*1-2,4-7,13,19-21H,3,8-12,14-17H2,(H,35,36,37);1-2,4-7,13,19-21,36H,3,8-12,14-17H2,(H,34,35,37). The Hall–Kier alpha value is -11.8. The van der Waals surface area contributed by atoms with Crippen molar-refractivity contribution in [2.75, 3.05) is 21.3 Å². The van der Waals surface area contributed by atoms with Crippen LogP contribution in [-0.2, 0) is 122 Å². The summed E-state index contributed by atoms with van der Waals surface area (Å²) in [6.45, 7) is 0. The van der Waals surface area contributed by atoms with E-state index in [1.165, 1.54) is 190 Å². The lowest BCUT2D eigenvalue weighted by Crippen LogP contribution is -2.47. The Balaban J connectivity index is 0.000000103. The number of hydrogen-bond acceptors (Lipinski definition) is 13. The van der Waals surface area contributed by atoms with Gasteiger partial charge >= 0.3 is 0 Å². The molecular formula is C124H125BrClF5N12O5. The van der Waals surface area contributed by atoms with Crippen LogP contribution in [0.3, 0.4) is 0 Å². The summed E-state index contributed by atoms with van der Waals surface area (Å²) in [5.74, 6) is 10.9. The number of hydrogen-bond donors (Lipinski definition) is 5. The van der Waals surface area contributed by atoms with Crippen molar-refractivity contribution in [2.24, 2.45) is 92.7 Å². The Morgan fingerprint density at radius 2 is 0.493 bits per heavy atom. The highest BCUT2D eigenvalue weighted by atomic mass is 79.9. The molecule has 5 N–H and O–H groups in total. The molecule has 32 rings (SSSR count). The zero-order valence-electron chi connectivity index (χ0n) is 83.7. The third-order valence-electron chi connectivity index (χ3n) is 37.0. The number of phenols is 1. The number of nitrogens with one attached hydrogen (secondary N) is 4. The number of phenolic OH excluding ortho intramolecular Hbond substituents is 1. The number of rotatable bonds is 20. The maximum Gasteiger partial charge on any atom is 0.229 e. The van der Waals surface area contributed by atoms with E-state index in [0.29, 0.717) is 73.2 Å². The van der Waals surface area contributed by atoms with Crippen molar-refractivity contribution in [1.82, 2.24) is 39.9 Å². The number of halogens is 7. The van der Waals surface area contributed by atoms with Crippen LogP contribution >= 0.6 is 27.5 Å². The van der Waals surface area contributed by atoms with Crippen LogP contribution in [0.5, 0.6) is 5.75 Å². The Morgan fingerprint density at radius 1 is 0.284 bits per heavy atom. The average molecular weight is 2070 g/mol. The minimum absolute atomic E-state index is 0.0679. The first-order chi connectivity index (χ1) is 71.6. The van der Waals surface area contributed by atoms with Crippen LogP contribution in [-0.4, -0.2) is 68.6 Å². The smallest absolute Gasteiger partial charge is 0.229 e. The van der Waals surface area contributed by atoms with Gasteiger partial charge in [-0.2, -0.15) is 0 Å². The molecule has 4 amide bonds. The summed E-state index contributed by atoms with van der Waals surface area (Å²) >= 11 is 9.48. The molecule has 0 unspecified atom stereocenters. The first-order valence-electron chi connectivity index (χ1n) is 54.6. The Kier molecular flexibility index (Phi) is 25.9. The molecule has 20 aliphatic rings. The van der Waals surface area contributed by atoms with Gasteiger partial charge in [0.15, 0.2) is 23.3 Å². The Bertz CT molecular complexity index is 6250. The fourth-order valence-corrected chi connectivity index (χ4v) is 33.2. The molecule has 0 aliphatic heterocycles. The van der Waals surface area contributed by atoms with E-state index in [0.717, 1.165) is 249 Å². The van der Waals surface area contributed by atoms with Crippen LogP contribution in [0.15, 0.2) is 174 Å². The lowest BCUT2D eigenvalue weighted by molar-refractivity contribution is -0.116. The van der Waals surface area contributed by atoms with Gasteiger partial charge in [-0.25, -0.2) is 61.8 Å². The number of aryl methyl sites for hydroxylation is 8. The molecule has 24 heteroatoms. The number of fused-ring (bicyclic) bond motifs is 12. The lowest BCUT2D eigenvalue weighted by atomic mass is 9.48. The van der Waals surface area contributed by atoms with E-state index in [1.54, 1.807) is 60.7 Å². The lowest BCUT2D eigenvalue weighted by Gasteiger charge is -2.57. The quantitative estimate of drug-likeness (QED) is 0.0447. The molecule has 0 atom stereocenters. The van der Waals surface area contributed by atoms with Crippen LogP contribution in [0, 0.1) is 122 Å². The zero-order chi connectivity index (χ0) is 101. The van der Waals surface area contributed by atoms with Gasteiger partial charge in [-0.15, -0.1) is 0 Å².